The fourth-order valence-electron chi connectivity index (χ4n) is 5.77. The number of benzene rings is 3. The van der Waals surface area contributed by atoms with Crippen molar-refractivity contribution in [1.82, 2.24) is 20.1 Å². The molecule has 1 aliphatic rings. The summed E-state index contributed by atoms with van der Waals surface area (Å²) in [6.07, 6.45) is -8.57. The first-order valence-corrected chi connectivity index (χ1v) is 13.9. The lowest BCUT2D eigenvalue weighted by Gasteiger charge is -2.47. The summed E-state index contributed by atoms with van der Waals surface area (Å²) in [6.45, 7) is 0.326. The van der Waals surface area contributed by atoms with Crippen molar-refractivity contribution >= 4 is 22.6 Å². The quantitative estimate of drug-likeness (QED) is 0.241. The molecular weight excluding hydrogens is 586 g/mol. The summed E-state index contributed by atoms with van der Waals surface area (Å²) in [4.78, 5) is 34.4. The molecule has 2 heterocycles. The number of para-hydroxylation sites is 1. The van der Waals surface area contributed by atoms with Crippen molar-refractivity contribution in [1.29, 1.82) is 0 Å². The van der Waals surface area contributed by atoms with E-state index >= 15 is 0 Å². The Bertz CT molecular complexity index is 1620. The number of Topliss-reactive ketones (excluding diaryl/α,β-unsaturated/α-hetero) is 1. The van der Waals surface area contributed by atoms with Crippen molar-refractivity contribution in [2.24, 2.45) is 0 Å². The lowest BCUT2D eigenvalue weighted by atomic mass is 9.82. The number of nitrogens with one attached hydrogen (secondary N) is 2. The number of hydrogen-bond acceptors (Lipinski definition) is 4. The second-order valence-electron chi connectivity index (χ2n) is 11.1. The number of hydrogen-bond donors (Lipinski definition) is 2. The number of nitrogens with zero attached hydrogens (tertiary/aromatic N) is 2. The van der Waals surface area contributed by atoms with Crippen LogP contribution in [0.4, 0.5) is 26.3 Å². The van der Waals surface area contributed by atoms with Crippen molar-refractivity contribution < 1.29 is 35.9 Å². The summed E-state index contributed by atoms with van der Waals surface area (Å²) in [6, 6.07) is 17.5. The number of likely N-dealkylation sites (N-methyl/N-ethyl adjacent to an activating group) is 1. The van der Waals surface area contributed by atoms with E-state index in [0.717, 1.165) is 21.4 Å². The average Bonchev–Trinajstić information content (AvgIpc) is 3.38. The summed E-state index contributed by atoms with van der Waals surface area (Å²) in [5.74, 6) is -1.48. The molecule has 1 aromatic heterocycles. The number of fused-ring (bicyclic) bond motifs is 1. The second-order valence-corrected chi connectivity index (χ2v) is 11.1. The molecule has 0 saturated carbocycles. The molecular formula is C32H30F6N4O2. The average molecular weight is 617 g/mol. The Kier molecular flexibility index (Phi) is 8.59. The Morgan fingerprint density at radius 1 is 0.909 bits per heavy atom. The third-order valence-electron chi connectivity index (χ3n) is 7.91. The molecule has 1 fully saturated rings. The highest BCUT2D eigenvalue weighted by atomic mass is 19.4. The van der Waals surface area contributed by atoms with Crippen LogP contribution in [0.15, 0.2) is 79.0 Å². The van der Waals surface area contributed by atoms with Gasteiger partial charge in [0.2, 0.25) is 0 Å². The predicted molar refractivity (Wildman–Crippen MR) is 153 cm³/mol. The maximum absolute atomic E-state index is 14.3. The number of rotatable bonds is 8. The van der Waals surface area contributed by atoms with Gasteiger partial charge >= 0.3 is 12.4 Å². The molecule has 6 nitrogen and oxygen atoms in total. The molecule has 0 spiro atoms. The molecule has 0 radical (unpaired) electrons. The zero-order chi connectivity index (χ0) is 31.7. The number of amides is 1. The number of H-pyrrole nitrogens is 1. The van der Waals surface area contributed by atoms with Gasteiger partial charge in [-0.3, -0.25) is 14.5 Å². The van der Waals surface area contributed by atoms with E-state index in [0.29, 0.717) is 24.2 Å². The van der Waals surface area contributed by atoms with E-state index in [2.05, 4.69) is 10.3 Å². The van der Waals surface area contributed by atoms with Crippen molar-refractivity contribution in [3.8, 4) is 0 Å². The number of carbonyl (C=O) groups excluding carboxylic acids is 2. The molecule has 1 atom stereocenters. The zero-order valence-electron chi connectivity index (χ0n) is 23.7. The predicted octanol–water partition coefficient (Wildman–Crippen LogP) is 5.93. The number of alkyl halides is 6. The molecule has 232 valence electrons. The summed E-state index contributed by atoms with van der Waals surface area (Å²) in [7, 11) is 1.73. The Morgan fingerprint density at radius 3 is 2.20 bits per heavy atom. The van der Waals surface area contributed by atoms with E-state index in [1.165, 1.54) is 0 Å². The first-order chi connectivity index (χ1) is 20.8. The van der Waals surface area contributed by atoms with E-state index < -0.39 is 46.3 Å². The van der Waals surface area contributed by atoms with Crippen molar-refractivity contribution in [2.75, 3.05) is 33.2 Å². The number of halogens is 6. The maximum Gasteiger partial charge on any atom is 0.416 e. The summed E-state index contributed by atoms with van der Waals surface area (Å²) >= 11 is 0. The molecule has 1 aliphatic heterocycles. The minimum absolute atomic E-state index is 0.0150. The number of aromatic nitrogens is 1. The molecule has 1 amide bonds. The minimum Gasteiger partial charge on any atom is -0.361 e. The smallest absolute Gasteiger partial charge is 0.361 e. The van der Waals surface area contributed by atoms with Gasteiger partial charge in [-0.15, -0.1) is 0 Å². The fourth-order valence-corrected chi connectivity index (χ4v) is 5.77. The molecule has 1 saturated heterocycles. The van der Waals surface area contributed by atoms with Gasteiger partial charge in [0, 0.05) is 55.3 Å². The van der Waals surface area contributed by atoms with Gasteiger partial charge in [0.15, 0.2) is 5.78 Å². The Labute approximate surface area is 249 Å². The van der Waals surface area contributed by atoms with Crippen molar-refractivity contribution in [2.45, 2.75) is 30.9 Å². The second kappa shape index (κ2) is 12.1. The molecule has 0 bridgehead atoms. The van der Waals surface area contributed by atoms with Gasteiger partial charge in [0.25, 0.3) is 5.91 Å². The molecule has 5 rings (SSSR count). The van der Waals surface area contributed by atoms with Crippen LogP contribution in [0, 0.1) is 0 Å². The summed E-state index contributed by atoms with van der Waals surface area (Å²) in [5, 5.41) is 3.93. The lowest BCUT2D eigenvalue weighted by Crippen LogP contribution is -2.69. The van der Waals surface area contributed by atoms with E-state index in [1.807, 2.05) is 54.6 Å². The number of carbonyl (C=O) groups is 2. The zero-order valence-corrected chi connectivity index (χ0v) is 23.7. The van der Waals surface area contributed by atoms with Crippen LogP contribution in [-0.4, -0.2) is 65.2 Å². The monoisotopic (exact) mass is 616 g/mol. The van der Waals surface area contributed by atoms with Gasteiger partial charge in [-0.2, -0.15) is 26.3 Å². The lowest BCUT2D eigenvalue weighted by molar-refractivity contribution is -0.143. The van der Waals surface area contributed by atoms with Crippen LogP contribution in [0.2, 0.25) is 0 Å². The van der Waals surface area contributed by atoms with Crippen LogP contribution in [0.5, 0.6) is 0 Å². The fraction of sp³-hybridized carbons (Fsp3) is 0.312. The first-order valence-electron chi connectivity index (χ1n) is 13.9. The Morgan fingerprint density at radius 2 is 1.55 bits per heavy atom. The van der Waals surface area contributed by atoms with Crippen LogP contribution in [-0.2, 0) is 30.1 Å². The van der Waals surface area contributed by atoms with E-state index in [-0.39, 0.29) is 38.7 Å². The highest BCUT2D eigenvalue weighted by molar-refractivity contribution is 6.01. The van der Waals surface area contributed by atoms with Crippen LogP contribution in [0.25, 0.3) is 10.9 Å². The molecule has 0 aliphatic carbocycles. The van der Waals surface area contributed by atoms with E-state index in [1.54, 1.807) is 18.1 Å². The minimum atomic E-state index is -5.13. The molecule has 12 heteroatoms. The van der Waals surface area contributed by atoms with Crippen LogP contribution in [0.1, 0.15) is 32.6 Å². The van der Waals surface area contributed by atoms with Gasteiger partial charge in [-0.25, -0.2) is 0 Å². The third-order valence-corrected chi connectivity index (χ3v) is 7.91. The first kappa shape index (κ1) is 31.3. The Balaban J connectivity index is 1.58. The molecule has 4 aromatic rings. The highest BCUT2D eigenvalue weighted by Gasteiger charge is 2.49. The van der Waals surface area contributed by atoms with Gasteiger partial charge in [-0.05, 0) is 42.4 Å². The number of aromatic amines is 1. The standard InChI is InChI=1S/C32H30F6N4O2/c1-41(18-21-7-3-2-4-8-21)19-28(43)30(16-23-17-40-27-10-6-5-9-26(23)27)20-39-11-12-42(30)29(44)22-13-24(31(33,34)35)15-25(14-22)32(36,37)38/h2-10,13-15,17,39-40H,11-12,16,18-20H2,1H3. The summed E-state index contributed by atoms with van der Waals surface area (Å²) < 4.78 is 82.1. The molecule has 44 heavy (non-hydrogen) atoms. The van der Waals surface area contributed by atoms with Crippen LogP contribution < -0.4 is 5.32 Å². The van der Waals surface area contributed by atoms with E-state index in [4.69, 9.17) is 0 Å². The molecule has 3 aromatic carbocycles. The SMILES string of the molecule is CN(CC(=O)C1(Cc2c[nH]c3ccccc23)CNCCN1C(=O)c1cc(C(F)(F)F)cc(C(F)(F)F)c1)Cc1ccccc1. The molecule has 2 N–H and O–H groups in total. The normalized spacial score (nSPS) is 17.8. The molecule has 1 unspecified atom stereocenters. The number of piperazine rings is 1. The number of ketones is 1. The largest absolute Gasteiger partial charge is 0.416 e. The topological polar surface area (TPSA) is 68.4 Å². The van der Waals surface area contributed by atoms with Gasteiger partial charge in [0.05, 0.1) is 17.7 Å². The van der Waals surface area contributed by atoms with Crippen molar-refractivity contribution in [3.63, 3.8) is 0 Å². The van der Waals surface area contributed by atoms with Crippen LogP contribution in [0.3, 0.4) is 0 Å². The Hall–Kier alpha value is -4.16. The van der Waals surface area contributed by atoms with E-state index in [9.17, 15) is 35.9 Å². The maximum atomic E-state index is 14.3. The highest BCUT2D eigenvalue weighted by Crippen LogP contribution is 2.38. The van der Waals surface area contributed by atoms with Crippen molar-refractivity contribution in [3.05, 3.63) is 107 Å². The third kappa shape index (κ3) is 6.51. The van der Waals surface area contributed by atoms with Gasteiger partial charge < -0.3 is 15.2 Å². The van der Waals surface area contributed by atoms with Crippen LogP contribution >= 0.6 is 0 Å². The van der Waals surface area contributed by atoms with Gasteiger partial charge in [0.1, 0.15) is 5.54 Å². The van der Waals surface area contributed by atoms with Gasteiger partial charge in [-0.1, -0.05) is 48.5 Å². The summed E-state index contributed by atoms with van der Waals surface area (Å²) in [5.41, 5.74) is -3.20.